The second-order valence-corrected chi connectivity index (χ2v) is 14.3. The predicted octanol–water partition coefficient (Wildman–Crippen LogP) is 13.1. The van der Waals surface area contributed by atoms with Gasteiger partial charge < -0.3 is 0 Å². The van der Waals surface area contributed by atoms with E-state index in [-0.39, 0.29) is 0 Å². The van der Waals surface area contributed by atoms with E-state index in [1.165, 1.54) is 154 Å². The van der Waals surface area contributed by atoms with Crippen molar-refractivity contribution < 1.29 is 0 Å². The summed E-state index contributed by atoms with van der Waals surface area (Å²) in [7, 11) is 0. The standard InChI is InChI=1S/C42H65N5/c1-3-5-7-9-11-13-15-16-18-20-22-24-27-36(26-23-21-19-17-14-12-10-8-6-4-2)34-47-35-40(45-46-47)39-32-38-30-29-37-28-25-31-43-41(37)42(38)44-33-39/h25,28-33,35-36H,3-24,26-27,34H2,1-2H3. The molecule has 258 valence electrons. The molecule has 0 aliphatic heterocycles. The van der Waals surface area contributed by atoms with E-state index < -0.39 is 0 Å². The zero-order valence-corrected chi connectivity index (χ0v) is 30.1. The van der Waals surface area contributed by atoms with Crippen LogP contribution >= 0.6 is 0 Å². The van der Waals surface area contributed by atoms with Gasteiger partial charge in [0.2, 0.25) is 0 Å². The highest BCUT2D eigenvalue weighted by Crippen LogP contribution is 2.27. The maximum absolute atomic E-state index is 4.80. The summed E-state index contributed by atoms with van der Waals surface area (Å²) in [6, 6.07) is 10.5. The molecule has 1 aromatic carbocycles. The number of aromatic nitrogens is 5. The fourth-order valence-electron chi connectivity index (χ4n) is 7.18. The average Bonchev–Trinajstić information content (AvgIpc) is 3.57. The maximum Gasteiger partial charge on any atom is 0.114 e. The van der Waals surface area contributed by atoms with Crippen LogP contribution in [0.4, 0.5) is 0 Å². The van der Waals surface area contributed by atoms with Crippen molar-refractivity contribution in [3.8, 4) is 11.3 Å². The fraction of sp³-hybridized carbons (Fsp3) is 0.667. The Morgan fingerprint density at radius 3 is 1.66 bits per heavy atom. The molecular weight excluding hydrogens is 574 g/mol. The van der Waals surface area contributed by atoms with Crippen LogP contribution in [0.15, 0.2) is 48.9 Å². The van der Waals surface area contributed by atoms with Crippen LogP contribution in [0.1, 0.15) is 168 Å². The van der Waals surface area contributed by atoms with Gasteiger partial charge in [-0.1, -0.05) is 179 Å². The summed E-state index contributed by atoms with van der Waals surface area (Å²) in [6.07, 6.45) is 39.4. The molecule has 0 aliphatic rings. The second-order valence-electron chi connectivity index (χ2n) is 14.3. The van der Waals surface area contributed by atoms with Crippen molar-refractivity contribution in [2.45, 2.75) is 174 Å². The smallest absolute Gasteiger partial charge is 0.114 e. The summed E-state index contributed by atoms with van der Waals surface area (Å²) in [4.78, 5) is 9.38. The zero-order chi connectivity index (χ0) is 32.8. The lowest BCUT2D eigenvalue weighted by Gasteiger charge is -2.17. The summed E-state index contributed by atoms with van der Waals surface area (Å²) in [5.74, 6) is 0.675. The quantitative estimate of drug-likeness (QED) is 0.0481. The van der Waals surface area contributed by atoms with Crippen LogP contribution in [-0.4, -0.2) is 25.0 Å². The molecule has 0 saturated carbocycles. The summed E-state index contributed by atoms with van der Waals surface area (Å²) in [5, 5.41) is 11.4. The Bertz CT molecular complexity index is 1380. The molecule has 3 aromatic heterocycles. The van der Waals surface area contributed by atoms with Gasteiger partial charge in [-0.05, 0) is 30.9 Å². The molecular formula is C42H65N5. The van der Waals surface area contributed by atoms with Crippen LogP contribution in [0, 0.1) is 5.92 Å². The molecule has 4 rings (SSSR count). The topological polar surface area (TPSA) is 56.5 Å². The molecule has 5 nitrogen and oxygen atoms in total. The average molecular weight is 640 g/mol. The molecule has 4 aromatic rings. The largest absolute Gasteiger partial charge is 0.254 e. The number of benzene rings is 1. The van der Waals surface area contributed by atoms with Gasteiger partial charge in [0.05, 0.1) is 17.2 Å². The predicted molar refractivity (Wildman–Crippen MR) is 202 cm³/mol. The van der Waals surface area contributed by atoms with Crippen LogP contribution in [0.3, 0.4) is 0 Å². The van der Waals surface area contributed by atoms with E-state index in [0.29, 0.717) is 5.92 Å². The summed E-state index contributed by atoms with van der Waals surface area (Å²) >= 11 is 0. The Kier molecular flexibility index (Phi) is 17.9. The van der Waals surface area contributed by atoms with Crippen molar-refractivity contribution in [2.75, 3.05) is 0 Å². The summed E-state index contributed by atoms with van der Waals surface area (Å²) < 4.78 is 2.10. The first-order valence-electron chi connectivity index (χ1n) is 19.8. The molecule has 0 N–H and O–H groups in total. The van der Waals surface area contributed by atoms with Crippen molar-refractivity contribution in [2.24, 2.45) is 5.92 Å². The van der Waals surface area contributed by atoms with E-state index in [0.717, 1.165) is 39.6 Å². The zero-order valence-electron chi connectivity index (χ0n) is 30.1. The van der Waals surface area contributed by atoms with Crippen LogP contribution in [0.25, 0.3) is 33.1 Å². The van der Waals surface area contributed by atoms with E-state index in [4.69, 9.17) is 4.98 Å². The molecule has 1 atom stereocenters. The van der Waals surface area contributed by atoms with Gasteiger partial charge in [-0.3, -0.25) is 14.6 Å². The van der Waals surface area contributed by atoms with Crippen molar-refractivity contribution in [3.05, 3.63) is 48.9 Å². The Morgan fingerprint density at radius 1 is 0.574 bits per heavy atom. The molecule has 0 bridgehead atoms. The van der Waals surface area contributed by atoms with Gasteiger partial charge in [-0.15, -0.1) is 5.10 Å². The number of fused-ring (bicyclic) bond motifs is 3. The van der Waals surface area contributed by atoms with Crippen molar-refractivity contribution in [1.29, 1.82) is 0 Å². The first-order valence-corrected chi connectivity index (χ1v) is 19.8. The SMILES string of the molecule is CCCCCCCCCCCCCCC(CCCCCCCCCCCC)Cn1cc(-c2cnc3c(ccc4cccnc43)c2)nn1. The van der Waals surface area contributed by atoms with Crippen LogP contribution in [0.2, 0.25) is 0 Å². The molecule has 0 saturated heterocycles. The van der Waals surface area contributed by atoms with Crippen LogP contribution in [-0.2, 0) is 6.54 Å². The van der Waals surface area contributed by atoms with E-state index >= 15 is 0 Å². The molecule has 3 heterocycles. The van der Waals surface area contributed by atoms with Gasteiger partial charge >= 0.3 is 0 Å². The lowest BCUT2D eigenvalue weighted by atomic mass is 9.94. The molecule has 1 unspecified atom stereocenters. The van der Waals surface area contributed by atoms with E-state index in [9.17, 15) is 0 Å². The molecule has 0 spiro atoms. The number of nitrogens with zero attached hydrogens (tertiary/aromatic N) is 5. The van der Waals surface area contributed by atoms with Gasteiger partial charge in [-0.2, -0.15) is 0 Å². The molecule has 47 heavy (non-hydrogen) atoms. The highest BCUT2D eigenvalue weighted by Gasteiger charge is 2.13. The van der Waals surface area contributed by atoms with Crippen LogP contribution in [0.5, 0.6) is 0 Å². The Balaban J connectivity index is 1.23. The number of hydrogen-bond acceptors (Lipinski definition) is 4. The van der Waals surface area contributed by atoms with E-state index in [2.05, 4.69) is 64.3 Å². The maximum atomic E-state index is 4.80. The summed E-state index contributed by atoms with van der Waals surface area (Å²) in [5.41, 5.74) is 3.82. The second kappa shape index (κ2) is 22.7. The molecule has 0 amide bonds. The van der Waals surface area contributed by atoms with Gasteiger partial charge in [0, 0.05) is 35.3 Å². The Labute approximate surface area is 286 Å². The third-order valence-corrected chi connectivity index (χ3v) is 10.1. The minimum Gasteiger partial charge on any atom is -0.254 e. The number of unbranched alkanes of at least 4 members (excludes halogenated alkanes) is 20. The highest BCUT2D eigenvalue weighted by molar-refractivity contribution is 6.03. The van der Waals surface area contributed by atoms with Crippen molar-refractivity contribution in [3.63, 3.8) is 0 Å². The van der Waals surface area contributed by atoms with Gasteiger partial charge in [-0.25, -0.2) is 0 Å². The van der Waals surface area contributed by atoms with Crippen molar-refractivity contribution in [1.82, 2.24) is 25.0 Å². The summed E-state index contributed by atoms with van der Waals surface area (Å²) in [6.45, 7) is 5.57. The third-order valence-electron chi connectivity index (χ3n) is 10.1. The fourth-order valence-corrected chi connectivity index (χ4v) is 7.18. The minimum absolute atomic E-state index is 0.675. The Morgan fingerprint density at radius 2 is 1.09 bits per heavy atom. The Hall–Kier alpha value is -2.82. The van der Waals surface area contributed by atoms with E-state index in [1.807, 2.05) is 18.5 Å². The molecule has 0 aliphatic carbocycles. The van der Waals surface area contributed by atoms with E-state index in [1.54, 1.807) is 0 Å². The number of rotatable bonds is 27. The molecule has 5 heteroatoms. The van der Waals surface area contributed by atoms with Gasteiger partial charge in [0.25, 0.3) is 0 Å². The lowest BCUT2D eigenvalue weighted by Crippen LogP contribution is -2.12. The van der Waals surface area contributed by atoms with Crippen LogP contribution < -0.4 is 0 Å². The number of pyridine rings is 2. The molecule has 0 radical (unpaired) electrons. The highest BCUT2D eigenvalue weighted by atomic mass is 15.4. The normalized spacial score (nSPS) is 12.4. The monoisotopic (exact) mass is 640 g/mol. The first-order chi connectivity index (χ1) is 23.3. The molecule has 0 fully saturated rings. The number of hydrogen-bond donors (Lipinski definition) is 0. The van der Waals surface area contributed by atoms with Crippen molar-refractivity contribution >= 4 is 21.8 Å². The first kappa shape index (κ1) is 37.0. The van der Waals surface area contributed by atoms with Gasteiger partial charge in [0.15, 0.2) is 0 Å². The minimum atomic E-state index is 0.675. The van der Waals surface area contributed by atoms with Gasteiger partial charge in [0.1, 0.15) is 5.69 Å². The lowest BCUT2D eigenvalue weighted by molar-refractivity contribution is 0.339. The third kappa shape index (κ3) is 13.7.